The van der Waals surface area contributed by atoms with Gasteiger partial charge in [-0.1, -0.05) is 33.1 Å². The van der Waals surface area contributed by atoms with E-state index in [-0.39, 0.29) is 11.6 Å². The van der Waals surface area contributed by atoms with Crippen molar-refractivity contribution in [2.45, 2.75) is 78.3 Å². The van der Waals surface area contributed by atoms with Crippen LogP contribution >= 0.6 is 0 Å². The molecule has 0 radical (unpaired) electrons. The molecule has 3 heterocycles. The number of urea groups is 1. The minimum absolute atomic E-state index is 0.0237. The summed E-state index contributed by atoms with van der Waals surface area (Å²) in [6, 6.07) is 1.66. The van der Waals surface area contributed by atoms with E-state index in [4.69, 9.17) is 5.10 Å². The monoisotopic (exact) mass is 462 g/mol. The van der Waals surface area contributed by atoms with Crippen LogP contribution in [0.3, 0.4) is 0 Å². The Balaban J connectivity index is 0.00000149. The fourth-order valence-corrected chi connectivity index (χ4v) is 4.71. The Morgan fingerprint density at radius 2 is 1.94 bits per heavy atom. The summed E-state index contributed by atoms with van der Waals surface area (Å²) in [6.45, 7) is 6.71. The van der Waals surface area contributed by atoms with E-state index >= 15 is 0 Å². The van der Waals surface area contributed by atoms with Crippen molar-refractivity contribution in [1.29, 1.82) is 0 Å². The molecule has 0 unspecified atom stereocenters. The number of hydrogen-bond acceptors (Lipinski definition) is 4. The molecular formula is C24H36F2N6O. The van der Waals surface area contributed by atoms with Gasteiger partial charge in [0.2, 0.25) is 0 Å². The minimum Gasteiger partial charge on any atom is -0.341 e. The zero-order valence-electron chi connectivity index (χ0n) is 20.4. The van der Waals surface area contributed by atoms with Gasteiger partial charge in [0, 0.05) is 50.1 Å². The Hall–Kier alpha value is -2.71. The Kier molecular flexibility index (Phi) is 8.26. The number of carbonyl (C=O) groups excluding carboxylic acids is 1. The van der Waals surface area contributed by atoms with Crippen molar-refractivity contribution in [2.24, 2.45) is 0 Å². The van der Waals surface area contributed by atoms with Gasteiger partial charge >= 0.3 is 6.03 Å². The van der Waals surface area contributed by atoms with Crippen molar-refractivity contribution in [3.63, 3.8) is 0 Å². The molecule has 182 valence electrons. The number of rotatable bonds is 4. The molecule has 2 aromatic heterocycles. The van der Waals surface area contributed by atoms with E-state index in [0.717, 1.165) is 30.5 Å². The molecule has 0 atom stereocenters. The van der Waals surface area contributed by atoms with Gasteiger partial charge in [-0.15, -0.1) is 0 Å². The molecule has 1 aliphatic carbocycles. The molecule has 1 N–H and O–H groups in total. The molecule has 9 heteroatoms. The Morgan fingerprint density at radius 3 is 2.58 bits per heavy atom. The number of amides is 2. The van der Waals surface area contributed by atoms with Gasteiger partial charge in [-0.2, -0.15) is 5.10 Å². The average molecular weight is 463 g/mol. The van der Waals surface area contributed by atoms with E-state index < -0.39 is 6.43 Å². The Bertz CT molecular complexity index is 955. The van der Waals surface area contributed by atoms with Gasteiger partial charge in [-0.3, -0.25) is 4.68 Å². The van der Waals surface area contributed by atoms with Crippen LogP contribution in [-0.2, 0) is 13.0 Å². The van der Waals surface area contributed by atoms with Gasteiger partial charge in [0.25, 0.3) is 6.43 Å². The SMILES string of the molecule is CC.CNC(=O)N1CCc2c(c(N(C)c3cc(C(F)F)c(C)cn3)nn2C2CCCCC2)C1. The van der Waals surface area contributed by atoms with Gasteiger partial charge in [0.1, 0.15) is 5.82 Å². The van der Waals surface area contributed by atoms with Crippen LogP contribution in [0.15, 0.2) is 12.3 Å². The molecule has 1 aliphatic heterocycles. The lowest BCUT2D eigenvalue weighted by Gasteiger charge is -2.30. The smallest absolute Gasteiger partial charge is 0.317 e. The largest absolute Gasteiger partial charge is 0.341 e. The first-order chi connectivity index (χ1) is 15.9. The van der Waals surface area contributed by atoms with Gasteiger partial charge in [0.05, 0.1) is 12.6 Å². The number of aryl methyl sites for hydroxylation is 1. The van der Waals surface area contributed by atoms with Crippen LogP contribution in [-0.4, -0.2) is 46.3 Å². The molecule has 2 aromatic rings. The summed E-state index contributed by atoms with van der Waals surface area (Å²) in [6.07, 6.45) is 5.45. The lowest BCUT2D eigenvalue weighted by molar-refractivity contribution is 0.150. The first kappa shape index (κ1) is 24.9. The highest BCUT2D eigenvalue weighted by Crippen LogP contribution is 2.37. The summed E-state index contributed by atoms with van der Waals surface area (Å²) in [5, 5.41) is 7.66. The van der Waals surface area contributed by atoms with Crippen molar-refractivity contribution in [3.8, 4) is 0 Å². The molecule has 4 rings (SSSR count). The molecule has 0 bridgehead atoms. The van der Waals surface area contributed by atoms with Crippen LogP contribution in [0, 0.1) is 6.92 Å². The zero-order chi connectivity index (χ0) is 24.1. The molecule has 33 heavy (non-hydrogen) atoms. The van der Waals surface area contributed by atoms with E-state index in [1.54, 1.807) is 30.8 Å². The second-order valence-corrected chi connectivity index (χ2v) is 8.47. The van der Waals surface area contributed by atoms with Crippen molar-refractivity contribution >= 4 is 17.7 Å². The summed E-state index contributed by atoms with van der Waals surface area (Å²) in [5.74, 6) is 1.11. The fraction of sp³-hybridized carbons (Fsp3) is 0.625. The number of fused-ring (bicyclic) bond motifs is 1. The molecule has 1 saturated carbocycles. The zero-order valence-corrected chi connectivity index (χ0v) is 20.4. The van der Waals surface area contributed by atoms with Crippen molar-refractivity contribution in [1.82, 2.24) is 25.0 Å². The van der Waals surface area contributed by atoms with Gasteiger partial charge < -0.3 is 15.1 Å². The molecule has 0 spiro atoms. The minimum atomic E-state index is -2.56. The number of halogens is 2. The van der Waals surface area contributed by atoms with Crippen molar-refractivity contribution in [3.05, 3.63) is 34.6 Å². The van der Waals surface area contributed by atoms with Crippen LogP contribution in [0.5, 0.6) is 0 Å². The number of alkyl halides is 2. The third kappa shape index (κ3) is 5.12. The summed E-state index contributed by atoms with van der Waals surface area (Å²) in [7, 11) is 3.43. The number of anilines is 2. The average Bonchev–Trinajstić information content (AvgIpc) is 3.24. The quantitative estimate of drug-likeness (QED) is 0.650. The first-order valence-electron chi connectivity index (χ1n) is 12.0. The van der Waals surface area contributed by atoms with Crippen molar-refractivity contribution < 1.29 is 13.6 Å². The highest BCUT2D eigenvalue weighted by atomic mass is 19.3. The van der Waals surface area contributed by atoms with E-state index in [1.165, 1.54) is 31.5 Å². The number of pyridine rings is 1. The molecular weight excluding hydrogens is 426 g/mol. The third-order valence-electron chi connectivity index (χ3n) is 6.51. The highest BCUT2D eigenvalue weighted by Gasteiger charge is 2.32. The second kappa shape index (κ2) is 10.9. The van der Waals surface area contributed by atoms with E-state index in [2.05, 4.69) is 15.0 Å². The van der Waals surface area contributed by atoms with E-state index in [9.17, 15) is 13.6 Å². The predicted molar refractivity (Wildman–Crippen MR) is 126 cm³/mol. The lowest BCUT2D eigenvalue weighted by atomic mass is 9.95. The molecule has 0 aromatic carbocycles. The number of nitrogens with zero attached hydrogens (tertiary/aromatic N) is 5. The topological polar surface area (TPSA) is 66.3 Å². The van der Waals surface area contributed by atoms with E-state index in [1.807, 2.05) is 13.8 Å². The Labute approximate surface area is 195 Å². The number of carbonyl (C=O) groups is 1. The van der Waals surface area contributed by atoms with Gasteiger partial charge in [-0.25, -0.2) is 18.6 Å². The van der Waals surface area contributed by atoms with Crippen LogP contribution < -0.4 is 10.2 Å². The normalized spacial score (nSPS) is 16.2. The molecule has 0 saturated heterocycles. The number of hydrogen-bond donors (Lipinski definition) is 1. The molecule has 2 amide bonds. The van der Waals surface area contributed by atoms with Crippen LogP contribution in [0.4, 0.5) is 25.2 Å². The lowest BCUT2D eigenvalue weighted by Crippen LogP contribution is -2.41. The molecule has 2 aliphatic rings. The highest BCUT2D eigenvalue weighted by molar-refractivity contribution is 5.75. The summed E-state index contributed by atoms with van der Waals surface area (Å²) in [4.78, 5) is 20.2. The maximum absolute atomic E-state index is 13.5. The van der Waals surface area contributed by atoms with E-state index in [0.29, 0.717) is 36.3 Å². The van der Waals surface area contributed by atoms with Crippen LogP contribution in [0.2, 0.25) is 0 Å². The standard InChI is InChI=1S/C22H30F2N6O.C2H6/c1-14-12-26-19(11-16(14)20(23)24)28(3)21-17-13-29(22(31)25-2)10-9-18(17)30(27-21)15-7-5-4-6-8-15;1-2/h11-12,15,20H,4-10,13H2,1-3H3,(H,25,31);1-2H3. The van der Waals surface area contributed by atoms with Crippen molar-refractivity contribution in [2.75, 3.05) is 25.5 Å². The van der Waals surface area contributed by atoms with Crippen LogP contribution in [0.25, 0.3) is 0 Å². The van der Waals surface area contributed by atoms with Crippen LogP contribution in [0.1, 0.15) is 80.8 Å². The summed E-state index contributed by atoms with van der Waals surface area (Å²) in [5.41, 5.74) is 2.57. The third-order valence-corrected chi connectivity index (χ3v) is 6.51. The molecule has 7 nitrogen and oxygen atoms in total. The van der Waals surface area contributed by atoms with Gasteiger partial charge in [-0.05, 0) is 31.4 Å². The Morgan fingerprint density at radius 1 is 1.24 bits per heavy atom. The van der Waals surface area contributed by atoms with Gasteiger partial charge in [0.15, 0.2) is 5.82 Å². The predicted octanol–water partition coefficient (Wildman–Crippen LogP) is 5.52. The summed E-state index contributed by atoms with van der Waals surface area (Å²) < 4.78 is 29.1. The first-order valence-corrected chi connectivity index (χ1v) is 12.0. The second-order valence-electron chi connectivity index (χ2n) is 8.47. The molecule has 1 fully saturated rings. The number of nitrogens with one attached hydrogen (secondary N) is 1. The fourth-order valence-electron chi connectivity index (χ4n) is 4.71. The maximum atomic E-state index is 13.5. The summed E-state index contributed by atoms with van der Waals surface area (Å²) >= 11 is 0. The maximum Gasteiger partial charge on any atom is 0.317 e. The number of aromatic nitrogens is 3.